The van der Waals surface area contributed by atoms with Crippen molar-refractivity contribution in [3.63, 3.8) is 0 Å². The number of benzene rings is 1. The standard InChI is InChI=1S/C23H21N7/c24-14-17-3-5-18(6-4-17)16-29-12-9-19(10-13-29)23-27-26-22-8-7-21(28-30(22)23)20-2-1-11-25-15-20/h1-8,11,15,19H,9-10,12-13,16H2. The highest BCUT2D eigenvalue weighted by Gasteiger charge is 2.25. The summed E-state index contributed by atoms with van der Waals surface area (Å²) in [6, 6.07) is 17.9. The summed E-state index contributed by atoms with van der Waals surface area (Å²) < 4.78 is 1.89. The fourth-order valence-corrected chi connectivity index (χ4v) is 4.02. The fourth-order valence-electron chi connectivity index (χ4n) is 4.02. The summed E-state index contributed by atoms with van der Waals surface area (Å²) >= 11 is 0. The number of hydrogen-bond acceptors (Lipinski definition) is 6. The second-order valence-corrected chi connectivity index (χ2v) is 7.65. The molecule has 1 aromatic carbocycles. The van der Waals surface area contributed by atoms with Gasteiger partial charge in [-0.05, 0) is 67.9 Å². The van der Waals surface area contributed by atoms with E-state index in [4.69, 9.17) is 10.4 Å². The van der Waals surface area contributed by atoms with Gasteiger partial charge in [-0.15, -0.1) is 10.2 Å². The van der Waals surface area contributed by atoms with Gasteiger partial charge < -0.3 is 0 Å². The van der Waals surface area contributed by atoms with Gasteiger partial charge in [-0.1, -0.05) is 12.1 Å². The van der Waals surface area contributed by atoms with Gasteiger partial charge >= 0.3 is 0 Å². The molecule has 1 fully saturated rings. The van der Waals surface area contributed by atoms with E-state index in [9.17, 15) is 0 Å². The second kappa shape index (κ2) is 8.01. The number of likely N-dealkylation sites (tertiary alicyclic amines) is 1. The van der Waals surface area contributed by atoms with E-state index in [-0.39, 0.29) is 0 Å². The molecule has 4 aromatic rings. The van der Waals surface area contributed by atoms with Crippen LogP contribution in [0.1, 0.15) is 35.7 Å². The molecule has 7 nitrogen and oxygen atoms in total. The van der Waals surface area contributed by atoms with E-state index in [2.05, 4.69) is 26.2 Å². The molecule has 0 aliphatic carbocycles. The van der Waals surface area contributed by atoms with E-state index in [1.807, 2.05) is 59.2 Å². The van der Waals surface area contributed by atoms with Crippen LogP contribution in [0.25, 0.3) is 16.9 Å². The predicted molar refractivity (Wildman–Crippen MR) is 112 cm³/mol. The van der Waals surface area contributed by atoms with Crippen molar-refractivity contribution in [3.8, 4) is 17.3 Å². The maximum atomic E-state index is 8.95. The summed E-state index contributed by atoms with van der Waals surface area (Å²) in [7, 11) is 0. The average molecular weight is 395 g/mol. The van der Waals surface area contributed by atoms with Gasteiger partial charge in [0.05, 0.1) is 17.3 Å². The molecule has 0 bridgehead atoms. The molecule has 0 N–H and O–H groups in total. The molecule has 0 radical (unpaired) electrons. The Bertz CT molecular complexity index is 1180. The maximum absolute atomic E-state index is 8.95. The Kier molecular flexibility index (Phi) is 4.91. The molecule has 5 rings (SSSR count). The van der Waals surface area contributed by atoms with Crippen molar-refractivity contribution >= 4 is 5.65 Å². The third-order valence-electron chi connectivity index (χ3n) is 5.69. The molecule has 1 aliphatic rings. The van der Waals surface area contributed by atoms with Crippen LogP contribution < -0.4 is 0 Å². The largest absolute Gasteiger partial charge is 0.299 e. The Balaban J connectivity index is 1.30. The summed E-state index contributed by atoms with van der Waals surface area (Å²) in [5.74, 6) is 1.28. The summed E-state index contributed by atoms with van der Waals surface area (Å²) in [5.41, 5.74) is 4.57. The minimum absolute atomic E-state index is 0.342. The Hall–Kier alpha value is -3.63. The van der Waals surface area contributed by atoms with Gasteiger partial charge in [-0.3, -0.25) is 9.88 Å². The first-order valence-corrected chi connectivity index (χ1v) is 10.1. The zero-order valence-corrected chi connectivity index (χ0v) is 16.5. The monoisotopic (exact) mass is 395 g/mol. The van der Waals surface area contributed by atoms with Gasteiger partial charge in [0.15, 0.2) is 11.5 Å². The van der Waals surface area contributed by atoms with E-state index in [1.54, 1.807) is 6.20 Å². The zero-order chi connectivity index (χ0) is 20.3. The lowest BCUT2D eigenvalue weighted by Crippen LogP contribution is -2.33. The van der Waals surface area contributed by atoms with Crippen molar-refractivity contribution in [3.05, 3.63) is 77.9 Å². The number of pyridine rings is 1. The highest BCUT2D eigenvalue weighted by molar-refractivity contribution is 5.58. The lowest BCUT2D eigenvalue weighted by molar-refractivity contribution is 0.201. The van der Waals surface area contributed by atoms with Gasteiger partial charge in [-0.25, -0.2) is 0 Å². The highest BCUT2D eigenvalue weighted by Crippen LogP contribution is 2.28. The molecule has 30 heavy (non-hydrogen) atoms. The molecule has 0 amide bonds. The minimum Gasteiger partial charge on any atom is -0.299 e. The second-order valence-electron chi connectivity index (χ2n) is 7.65. The van der Waals surface area contributed by atoms with Gasteiger partial charge in [0.1, 0.15) is 0 Å². The highest BCUT2D eigenvalue weighted by atomic mass is 15.4. The van der Waals surface area contributed by atoms with Crippen LogP contribution >= 0.6 is 0 Å². The van der Waals surface area contributed by atoms with E-state index in [0.717, 1.165) is 55.2 Å². The van der Waals surface area contributed by atoms with E-state index in [0.29, 0.717) is 11.5 Å². The Labute approximate surface area is 174 Å². The molecule has 1 saturated heterocycles. The van der Waals surface area contributed by atoms with Gasteiger partial charge in [0.25, 0.3) is 0 Å². The van der Waals surface area contributed by atoms with Crippen molar-refractivity contribution < 1.29 is 0 Å². The molecule has 0 unspecified atom stereocenters. The zero-order valence-electron chi connectivity index (χ0n) is 16.5. The quantitative estimate of drug-likeness (QED) is 0.526. The smallest absolute Gasteiger partial charge is 0.177 e. The van der Waals surface area contributed by atoms with Crippen LogP contribution in [0.2, 0.25) is 0 Å². The molecular formula is C23H21N7. The first-order valence-electron chi connectivity index (χ1n) is 10.1. The molecule has 3 aromatic heterocycles. The molecule has 0 atom stereocenters. The fraction of sp³-hybridized carbons (Fsp3) is 0.261. The molecule has 0 saturated carbocycles. The first-order chi connectivity index (χ1) is 14.8. The third kappa shape index (κ3) is 3.65. The lowest BCUT2D eigenvalue weighted by atomic mass is 9.95. The molecular weight excluding hydrogens is 374 g/mol. The van der Waals surface area contributed by atoms with Crippen LogP contribution in [-0.4, -0.2) is 42.8 Å². The lowest BCUT2D eigenvalue weighted by Gasteiger charge is -2.31. The molecule has 1 aliphatic heterocycles. The topological polar surface area (TPSA) is 83.0 Å². The summed E-state index contributed by atoms with van der Waals surface area (Å²) in [6.45, 7) is 2.91. The average Bonchev–Trinajstić information content (AvgIpc) is 3.24. The van der Waals surface area contributed by atoms with Crippen LogP contribution in [0.4, 0.5) is 0 Å². The Morgan fingerprint density at radius 3 is 2.57 bits per heavy atom. The maximum Gasteiger partial charge on any atom is 0.177 e. The number of aromatic nitrogens is 5. The Morgan fingerprint density at radius 2 is 1.83 bits per heavy atom. The predicted octanol–water partition coefficient (Wildman–Crippen LogP) is 3.44. The molecule has 0 spiro atoms. The van der Waals surface area contributed by atoms with Crippen LogP contribution in [0.5, 0.6) is 0 Å². The van der Waals surface area contributed by atoms with E-state index >= 15 is 0 Å². The van der Waals surface area contributed by atoms with Crippen molar-refractivity contribution in [2.75, 3.05) is 13.1 Å². The number of piperidine rings is 1. The van der Waals surface area contributed by atoms with Crippen molar-refractivity contribution in [1.82, 2.24) is 29.7 Å². The Morgan fingerprint density at radius 1 is 1.00 bits per heavy atom. The summed E-state index contributed by atoms with van der Waals surface area (Å²) in [4.78, 5) is 6.65. The van der Waals surface area contributed by atoms with Crippen molar-refractivity contribution in [1.29, 1.82) is 5.26 Å². The number of hydrogen-bond donors (Lipinski definition) is 0. The van der Waals surface area contributed by atoms with Gasteiger partial charge in [0.2, 0.25) is 0 Å². The number of nitrogens with zero attached hydrogens (tertiary/aromatic N) is 7. The summed E-state index contributed by atoms with van der Waals surface area (Å²) in [6.07, 6.45) is 5.63. The third-order valence-corrected chi connectivity index (χ3v) is 5.69. The minimum atomic E-state index is 0.342. The van der Waals surface area contributed by atoms with E-state index < -0.39 is 0 Å². The SMILES string of the molecule is N#Cc1ccc(CN2CCC(c3nnc4ccc(-c5cccnc5)nn34)CC2)cc1. The van der Waals surface area contributed by atoms with Crippen molar-refractivity contribution in [2.24, 2.45) is 0 Å². The van der Waals surface area contributed by atoms with E-state index in [1.165, 1.54) is 5.56 Å². The number of rotatable bonds is 4. The van der Waals surface area contributed by atoms with Gasteiger partial charge in [-0.2, -0.15) is 14.9 Å². The van der Waals surface area contributed by atoms with Crippen LogP contribution in [0.3, 0.4) is 0 Å². The normalized spacial score (nSPS) is 15.3. The van der Waals surface area contributed by atoms with Crippen LogP contribution in [0, 0.1) is 11.3 Å². The molecule has 4 heterocycles. The van der Waals surface area contributed by atoms with Gasteiger partial charge in [0, 0.05) is 30.4 Å². The number of nitriles is 1. The molecule has 148 valence electrons. The van der Waals surface area contributed by atoms with Crippen molar-refractivity contribution in [2.45, 2.75) is 25.3 Å². The van der Waals surface area contributed by atoms with Crippen LogP contribution in [-0.2, 0) is 6.54 Å². The van der Waals surface area contributed by atoms with Crippen LogP contribution in [0.15, 0.2) is 60.9 Å². The summed E-state index contributed by atoms with van der Waals surface area (Å²) in [5, 5.41) is 22.5. The first kappa shape index (κ1) is 18.4. The molecule has 7 heteroatoms. The number of fused-ring (bicyclic) bond motifs is 1.